The van der Waals surface area contributed by atoms with Crippen molar-refractivity contribution in [2.24, 2.45) is 17.8 Å². The lowest BCUT2D eigenvalue weighted by atomic mass is 9.53. The van der Waals surface area contributed by atoms with Crippen LogP contribution in [0, 0.1) is 17.8 Å². The lowest BCUT2D eigenvalue weighted by molar-refractivity contribution is -0.127. The zero-order valence-corrected chi connectivity index (χ0v) is 17.7. The highest BCUT2D eigenvalue weighted by atomic mass is 32.1. The fourth-order valence-electron chi connectivity index (χ4n) is 6.67. The topological polar surface area (TPSA) is 64.0 Å². The number of carbonyl (C=O) groups is 1. The first-order valence-electron chi connectivity index (χ1n) is 10.9. The molecule has 1 amide bonds. The SMILES string of the molecule is O=C(Cn1nc(-c2cccs2)c2ccccc2c1=O)NC12CC3CC(CC(C3)C1)C2. The molecule has 1 aromatic carbocycles. The van der Waals surface area contributed by atoms with Crippen LogP contribution in [0.25, 0.3) is 21.3 Å². The maximum atomic E-state index is 13.1. The summed E-state index contributed by atoms with van der Waals surface area (Å²) in [5.74, 6) is 2.22. The van der Waals surface area contributed by atoms with Crippen molar-refractivity contribution in [2.75, 3.05) is 0 Å². The number of amides is 1. The lowest BCUT2D eigenvalue weighted by Gasteiger charge is -2.56. The van der Waals surface area contributed by atoms with Crippen LogP contribution in [0.2, 0.25) is 0 Å². The molecule has 0 saturated heterocycles. The Balaban J connectivity index is 1.32. The summed E-state index contributed by atoms with van der Waals surface area (Å²) >= 11 is 1.59. The molecular weight excluding hydrogens is 394 g/mol. The average molecular weight is 420 g/mol. The van der Waals surface area contributed by atoms with Gasteiger partial charge in [0.1, 0.15) is 12.2 Å². The minimum atomic E-state index is -0.202. The number of benzene rings is 1. The van der Waals surface area contributed by atoms with Crippen molar-refractivity contribution < 1.29 is 4.79 Å². The van der Waals surface area contributed by atoms with Gasteiger partial charge in [-0.3, -0.25) is 9.59 Å². The molecule has 0 spiro atoms. The molecule has 4 saturated carbocycles. The van der Waals surface area contributed by atoms with Gasteiger partial charge in [-0.1, -0.05) is 24.3 Å². The van der Waals surface area contributed by atoms with E-state index in [9.17, 15) is 9.59 Å². The van der Waals surface area contributed by atoms with Crippen molar-refractivity contribution >= 4 is 28.0 Å². The third-order valence-electron chi connectivity index (χ3n) is 7.36. The first-order valence-corrected chi connectivity index (χ1v) is 11.8. The highest BCUT2D eigenvalue weighted by molar-refractivity contribution is 7.13. The quantitative estimate of drug-likeness (QED) is 0.689. The van der Waals surface area contributed by atoms with E-state index < -0.39 is 0 Å². The highest BCUT2D eigenvalue weighted by Crippen LogP contribution is 2.55. The van der Waals surface area contributed by atoms with Gasteiger partial charge in [0.05, 0.1) is 10.3 Å². The molecule has 6 heteroatoms. The van der Waals surface area contributed by atoms with Crippen LogP contribution in [0.5, 0.6) is 0 Å². The second-order valence-electron chi connectivity index (χ2n) is 9.58. The van der Waals surface area contributed by atoms with Crippen LogP contribution >= 0.6 is 11.3 Å². The number of carbonyl (C=O) groups excluding carboxylic acids is 1. The normalized spacial score (nSPS) is 29.4. The number of thiophene rings is 1. The fraction of sp³-hybridized carbons (Fsp3) is 0.458. The number of hydrogen-bond acceptors (Lipinski definition) is 4. The molecule has 4 aliphatic carbocycles. The van der Waals surface area contributed by atoms with Crippen LogP contribution < -0.4 is 10.9 Å². The van der Waals surface area contributed by atoms with Gasteiger partial charge in [-0.15, -0.1) is 11.3 Å². The summed E-state index contributed by atoms with van der Waals surface area (Å²) in [6.07, 6.45) is 7.32. The van der Waals surface area contributed by atoms with E-state index in [4.69, 9.17) is 0 Å². The van der Waals surface area contributed by atoms with Crippen molar-refractivity contribution in [1.82, 2.24) is 15.1 Å². The summed E-state index contributed by atoms with van der Waals surface area (Å²) in [5, 5.41) is 11.4. The van der Waals surface area contributed by atoms with Crippen LogP contribution in [-0.4, -0.2) is 21.2 Å². The largest absolute Gasteiger partial charge is 0.349 e. The second kappa shape index (κ2) is 6.77. The molecule has 4 fully saturated rings. The Morgan fingerprint density at radius 3 is 2.33 bits per heavy atom. The van der Waals surface area contributed by atoms with E-state index in [0.717, 1.165) is 53.0 Å². The van der Waals surface area contributed by atoms with E-state index in [1.807, 2.05) is 41.8 Å². The predicted octanol–water partition coefficient (Wildman–Crippen LogP) is 4.21. The molecule has 2 aromatic heterocycles. The van der Waals surface area contributed by atoms with Crippen LogP contribution in [0.1, 0.15) is 38.5 Å². The third kappa shape index (κ3) is 3.00. The second-order valence-corrected chi connectivity index (χ2v) is 10.5. The third-order valence-corrected chi connectivity index (χ3v) is 8.24. The summed E-state index contributed by atoms with van der Waals surface area (Å²) in [7, 11) is 0. The van der Waals surface area contributed by atoms with Gasteiger partial charge in [-0.25, -0.2) is 4.68 Å². The summed E-state index contributed by atoms with van der Waals surface area (Å²) in [4.78, 5) is 27.1. The summed E-state index contributed by atoms with van der Waals surface area (Å²) in [6.45, 7) is -0.0240. The Morgan fingerprint density at radius 2 is 1.70 bits per heavy atom. The van der Waals surface area contributed by atoms with Gasteiger partial charge >= 0.3 is 0 Å². The molecule has 4 aliphatic rings. The van der Waals surface area contributed by atoms with Crippen LogP contribution in [0.4, 0.5) is 0 Å². The first-order chi connectivity index (χ1) is 14.6. The Labute approximate surface area is 179 Å². The van der Waals surface area contributed by atoms with Crippen molar-refractivity contribution in [3.8, 4) is 10.6 Å². The van der Waals surface area contributed by atoms with Crippen LogP contribution in [0.15, 0.2) is 46.6 Å². The monoisotopic (exact) mass is 419 g/mol. The molecule has 4 bridgehead atoms. The zero-order valence-electron chi connectivity index (χ0n) is 16.8. The van der Waals surface area contributed by atoms with E-state index in [-0.39, 0.29) is 23.6 Å². The molecule has 0 unspecified atom stereocenters. The van der Waals surface area contributed by atoms with Crippen molar-refractivity contribution in [3.63, 3.8) is 0 Å². The molecule has 1 N–H and O–H groups in total. The molecule has 3 aromatic rings. The number of fused-ring (bicyclic) bond motifs is 1. The van der Waals surface area contributed by atoms with Crippen molar-refractivity contribution in [2.45, 2.75) is 50.6 Å². The fourth-order valence-corrected chi connectivity index (χ4v) is 7.40. The van der Waals surface area contributed by atoms with Crippen molar-refractivity contribution in [3.05, 3.63) is 52.1 Å². The number of aromatic nitrogens is 2. The highest BCUT2D eigenvalue weighted by Gasteiger charge is 2.51. The van der Waals surface area contributed by atoms with Crippen LogP contribution in [0.3, 0.4) is 0 Å². The molecular formula is C24H25N3O2S. The standard InChI is InChI=1S/C24H25N3O2S/c28-21(25-24-11-15-8-16(12-24)10-17(9-15)13-24)14-27-23(29)19-5-2-1-4-18(19)22(26-27)20-6-3-7-30-20/h1-7,15-17H,8-14H2,(H,25,28). The molecule has 154 valence electrons. The maximum Gasteiger partial charge on any atom is 0.275 e. The maximum absolute atomic E-state index is 13.1. The Kier molecular flexibility index (Phi) is 4.13. The summed E-state index contributed by atoms with van der Waals surface area (Å²) < 4.78 is 1.35. The van der Waals surface area contributed by atoms with Gasteiger partial charge in [0.15, 0.2) is 0 Å². The van der Waals surface area contributed by atoms with Gasteiger partial charge in [-0.2, -0.15) is 5.10 Å². The summed E-state index contributed by atoms with van der Waals surface area (Å²) in [5.41, 5.74) is 0.512. The molecule has 30 heavy (non-hydrogen) atoms. The minimum Gasteiger partial charge on any atom is -0.349 e. The number of hydrogen-bond donors (Lipinski definition) is 1. The van der Waals surface area contributed by atoms with Gasteiger partial charge in [0.25, 0.3) is 5.56 Å². The van der Waals surface area contributed by atoms with Gasteiger partial charge in [0, 0.05) is 10.9 Å². The molecule has 2 heterocycles. The minimum absolute atomic E-state index is 0.0240. The number of nitrogens with zero attached hydrogens (tertiary/aromatic N) is 2. The predicted molar refractivity (Wildman–Crippen MR) is 118 cm³/mol. The van der Waals surface area contributed by atoms with Gasteiger partial charge in [0.2, 0.25) is 5.91 Å². The van der Waals surface area contributed by atoms with E-state index >= 15 is 0 Å². The summed E-state index contributed by atoms with van der Waals surface area (Å²) in [6, 6.07) is 11.5. The lowest BCUT2D eigenvalue weighted by Crippen LogP contribution is -2.60. The Bertz CT molecular complexity index is 1150. The molecule has 5 nitrogen and oxygen atoms in total. The smallest absolute Gasteiger partial charge is 0.275 e. The van der Waals surface area contributed by atoms with E-state index in [1.165, 1.54) is 23.9 Å². The zero-order chi connectivity index (χ0) is 20.3. The number of rotatable bonds is 4. The van der Waals surface area contributed by atoms with E-state index in [2.05, 4.69) is 10.4 Å². The first kappa shape index (κ1) is 18.3. The Hall–Kier alpha value is -2.47. The average Bonchev–Trinajstić information content (AvgIpc) is 3.23. The van der Waals surface area contributed by atoms with Crippen LogP contribution in [-0.2, 0) is 11.3 Å². The molecule has 0 atom stereocenters. The molecule has 0 aliphatic heterocycles. The van der Waals surface area contributed by atoms with Gasteiger partial charge in [-0.05, 0) is 73.8 Å². The van der Waals surface area contributed by atoms with Gasteiger partial charge < -0.3 is 5.32 Å². The molecule has 0 radical (unpaired) electrons. The molecule has 7 rings (SSSR count). The van der Waals surface area contributed by atoms with E-state index in [0.29, 0.717) is 5.39 Å². The Morgan fingerprint density at radius 1 is 1.03 bits per heavy atom. The number of nitrogens with one attached hydrogen (secondary N) is 1. The van der Waals surface area contributed by atoms with E-state index in [1.54, 1.807) is 11.3 Å². The van der Waals surface area contributed by atoms with Crippen molar-refractivity contribution in [1.29, 1.82) is 0 Å².